The molecule has 1 aliphatic rings. The van der Waals surface area contributed by atoms with Gasteiger partial charge in [-0.15, -0.1) is 12.4 Å². The summed E-state index contributed by atoms with van der Waals surface area (Å²) >= 11 is 0. The number of aliphatic hydroxyl groups is 1. The Morgan fingerprint density at radius 2 is 1.81 bits per heavy atom. The van der Waals surface area contributed by atoms with Crippen LogP contribution in [0, 0.1) is 0 Å². The quantitative estimate of drug-likeness (QED) is 0.664. The SMILES string of the molecule is Cl.OC(CNC1CC1)COc1cc(-c2ccccc2)nc2ccccc12. The molecule has 1 atom stereocenters. The van der Waals surface area contributed by atoms with E-state index >= 15 is 0 Å². The van der Waals surface area contributed by atoms with E-state index in [0.717, 1.165) is 27.9 Å². The number of nitrogens with one attached hydrogen (secondary N) is 1. The van der Waals surface area contributed by atoms with E-state index in [1.807, 2.05) is 60.7 Å². The van der Waals surface area contributed by atoms with E-state index < -0.39 is 6.10 Å². The highest BCUT2D eigenvalue weighted by Crippen LogP contribution is 2.30. The van der Waals surface area contributed by atoms with Crippen molar-refractivity contribution >= 4 is 23.3 Å². The number of hydrogen-bond acceptors (Lipinski definition) is 4. The van der Waals surface area contributed by atoms with Gasteiger partial charge in [0.1, 0.15) is 18.5 Å². The molecule has 3 aromatic rings. The van der Waals surface area contributed by atoms with Gasteiger partial charge in [0.2, 0.25) is 0 Å². The third-order valence-corrected chi connectivity index (χ3v) is 4.40. The average Bonchev–Trinajstić information content (AvgIpc) is 3.49. The lowest BCUT2D eigenvalue weighted by molar-refractivity contribution is 0.107. The molecule has 0 saturated heterocycles. The van der Waals surface area contributed by atoms with Crippen LogP contribution in [0.2, 0.25) is 0 Å². The van der Waals surface area contributed by atoms with Crippen LogP contribution in [0.15, 0.2) is 60.7 Å². The summed E-state index contributed by atoms with van der Waals surface area (Å²) in [6, 6.07) is 20.5. The lowest BCUT2D eigenvalue weighted by Crippen LogP contribution is -2.32. The molecule has 0 radical (unpaired) electrons. The molecule has 1 saturated carbocycles. The predicted octanol–water partition coefficient (Wildman–Crippen LogP) is 3.82. The van der Waals surface area contributed by atoms with Gasteiger partial charge < -0.3 is 15.2 Å². The molecule has 0 amide bonds. The topological polar surface area (TPSA) is 54.4 Å². The summed E-state index contributed by atoms with van der Waals surface area (Å²) in [5.74, 6) is 0.759. The second-order valence-corrected chi connectivity index (χ2v) is 6.54. The number of ether oxygens (including phenoxy) is 1. The van der Waals surface area contributed by atoms with Crippen LogP contribution in [-0.4, -0.2) is 35.4 Å². The summed E-state index contributed by atoms with van der Waals surface area (Å²) in [4.78, 5) is 4.75. The van der Waals surface area contributed by atoms with E-state index in [1.54, 1.807) is 0 Å². The molecule has 1 heterocycles. The van der Waals surface area contributed by atoms with E-state index in [-0.39, 0.29) is 19.0 Å². The maximum Gasteiger partial charge on any atom is 0.131 e. The molecule has 0 aliphatic heterocycles. The van der Waals surface area contributed by atoms with E-state index in [4.69, 9.17) is 9.72 Å². The Kier molecular flexibility index (Phi) is 6.09. The van der Waals surface area contributed by atoms with Crippen LogP contribution in [0.5, 0.6) is 5.75 Å². The smallest absolute Gasteiger partial charge is 0.131 e. The van der Waals surface area contributed by atoms with Gasteiger partial charge >= 0.3 is 0 Å². The van der Waals surface area contributed by atoms with Crippen molar-refractivity contribution in [1.82, 2.24) is 10.3 Å². The van der Waals surface area contributed by atoms with Gasteiger partial charge in [-0.25, -0.2) is 4.98 Å². The lowest BCUT2D eigenvalue weighted by atomic mass is 10.1. The standard InChI is InChI=1S/C21H22N2O2.ClH/c24-17(13-22-16-10-11-16)14-25-21-12-20(15-6-2-1-3-7-15)23-19-9-5-4-8-18(19)21;/h1-9,12,16-17,22,24H,10-11,13-14H2;1H. The van der Waals surface area contributed by atoms with Crippen LogP contribution in [0.3, 0.4) is 0 Å². The van der Waals surface area contributed by atoms with Gasteiger partial charge in [-0.3, -0.25) is 0 Å². The van der Waals surface area contributed by atoms with Gasteiger partial charge in [-0.1, -0.05) is 42.5 Å². The first kappa shape index (κ1) is 18.6. The highest BCUT2D eigenvalue weighted by molar-refractivity contribution is 5.87. The predicted molar refractivity (Wildman–Crippen MR) is 107 cm³/mol. The van der Waals surface area contributed by atoms with Crippen molar-refractivity contribution in [3.05, 3.63) is 60.7 Å². The summed E-state index contributed by atoms with van der Waals surface area (Å²) < 4.78 is 5.97. The van der Waals surface area contributed by atoms with E-state index in [0.29, 0.717) is 12.6 Å². The maximum atomic E-state index is 10.1. The molecule has 4 nitrogen and oxygen atoms in total. The molecule has 26 heavy (non-hydrogen) atoms. The van der Waals surface area contributed by atoms with Gasteiger partial charge in [0.05, 0.1) is 11.2 Å². The van der Waals surface area contributed by atoms with Crippen molar-refractivity contribution in [2.45, 2.75) is 25.0 Å². The summed E-state index contributed by atoms with van der Waals surface area (Å²) in [5, 5.41) is 14.4. The van der Waals surface area contributed by atoms with Gasteiger partial charge in [0.15, 0.2) is 0 Å². The number of nitrogens with zero attached hydrogens (tertiary/aromatic N) is 1. The molecule has 1 aromatic heterocycles. The molecular formula is C21H23ClN2O2. The van der Waals surface area contributed by atoms with E-state index in [1.165, 1.54) is 12.8 Å². The molecule has 1 fully saturated rings. The number of aliphatic hydroxyl groups excluding tert-OH is 1. The summed E-state index contributed by atoms with van der Waals surface area (Å²) in [5.41, 5.74) is 2.82. The molecular weight excluding hydrogens is 348 g/mol. The molecule has 2 N–H and O–H groups in total. The number of pyridine rings is 1. The molecule has 0 bridgehead atoms. The Bertz CT molecular complexity index is 853. The lowest BCUT2D eigenvalue weighted by Gasteiger charge is -2.15. The minimum Gasteiger partial charge on any atom is -0.490 e. The molecule has 136 valence electrons. The maximum absolute atomic E-state index is 10.1. The van der Waals surface area contributed by atoms with Gasteiger partial charge in [0, 0.05) is 29.6 Å². The zero-order valence-electron chi connectivity index (χ0n) is 14.5. The Labute approximate surface area is 159 Å². The van der Waals surface area contributed by atoms with Crippen LogP contribution in [0.4, 0.5) is 0 Å². The molecule has 2 aromatic carbocycles. The van der Waals surface area contributed by atoms with Crippen molar-refractivity contribution in [3.8, 4) is 17.0 Å². The fourth-order valence-electron chi connectivity index (χ4n) is 2.85. The highest BCUT2D eigenvalue weighted by Gasteiger charge is 2.21. The van der Waals surface area contributed by atoms with Crippen molar-refractivity contribution in [2.75, 3.05) is 13.2 Å². The average molecular weight is 371 g/mol. The zero-order valence-corrected chi connectivity index (χ0v) is 15.3. The molecule has 5 heteroatoms. The van der Waals surface area contributed by atoms with Crippen molar-refractivity contribution in [1.29, 1.82) is 0 Å². The second kappa shape index (κ2) is 8.49. The Morgan fingerprint density at radius 1 is 1.08 bits per heavy atom. The minimum atomic E-state index is -0.521. The van der Waals surface area contributed by atoms with Crippen LogP contribution in [-0.2, 0) is 0 Å². The summed E-state index contributed by atoms with van der Waals surface area (Å²) in [6.07, 6.45) is 1.90. The number of para-hydroxylation sites is 1. The largest absolute Gasteiger partial charge is 0.490 e. The number of rotatable bonds is 7. The van der Waals surface area contributed by atoms with Crippen molar-refractivity contribution < 1.29 is 9.84 Å². The number of halogens is 1. The van der Waals surface area contributed by atoms with Crippen LogP contribution in [0.1, 0.15) is 12.8 Å². The van der Waals surface area contributed by atoms with Crippen LogP contribution in [0.25, 0.3) is 22.2 Å². The first-order chi connectivity index (χ1) is 12.3. The molecule has 1 unspecified atom stereocenters. The zero-order chi connectivity index (χ0) is 17.1. The summed E-state index contributed by atoms with van der Waals surface area (Å²) in [6.45, 7) is 0.835. The first-order valence-electron chi connectivity index (χ1n) is 8.79. The highest BCUT2D eigenvalue weighted by atomic mass is 35.5. The fourth-order valence-corrected chi connectivity index (χ4v) is 2.85. The van der Waals surface area contributed by atoms with Crippen LogP contribution >= 0.6 is 12.4 Å². The van der Waals surface area contributed by atoms with Crippen LogP contribution < -0.4 is 10.1 Å². The third-order valence-electron chi connectivity index (χ3n) is 4.40. The number of hydrogen-bond donors (Lipinski definition) is 2. The minimum absolute atomic E-state index is 0. The second-order valence-electron chi connectivity index (χ2n) is 6.54. The first-order valence-corrected chi connectivity index (χ1v) is 8.79. The van der Waals surface area contributed by atoms with Gasteiger partial charge in [-0.2, -0.15) is 0 Å². The molecule has 4 rings (SSSR count). The van der Waals surface area contributed by atoms with Crippen molar-refractivity contribution in [2.24, 2.45) is 0 Å². The summed E-state index contributed by atoms with van der Waals surface area (Å²) in [7, 11) is 0. The van der Waals surface area contributed by atoms with Crippen molar-refractivity contribution in [3.63, 3.8) is 0 Å². The Balaban J connectivity index is 0.00000196. The number of fused-ring (bicyclic) bond motifs is 1. The normalized spacial score (nSPS) is 14.7. The fraction of sp³-hybridized carbons (Fsp3) is 0.286. The van der Waals surface area contributed by atoms with E-state index in [2.05, 4.69) is 5.32 Å². The Morgan fingerprint density at radius 3 is 2.58 bits per heavy atom. The monoisotopic (exact) mass is 370 g/mol. The van der Waals surface area contributed by atoms with E-state index in [9.17, 15) is 5.11 Å². The Hall–Kier alpha value is -2.14. The van der Waals surface area contributed by atoms with Gasteiger partial charge in [0.25, 0.3) is 0 Å². The molecule has 1 aliphatic carbocycles. The molecule has 0 spiro atoms. The third kappa shape index (κ3) is 4.52. The number of aromatic nitrogens is 1. The number of benzene rings is 2. The van der Waals surface area contributed by atoms with Gasteiger partial charge in [-0.05, 0) is 25.0 Å².